The third kappa shape index (κ3) is 2.61. The second-order valence-electron chi connectivity index (χ2n) is 5.65. The molecule has 1 aromatic rings. The van der Waals surface area contributed by atoms with Crippen LogP contribution in [0.5, 0.6) is 0 Å². The molecule has 2 aliphatic rings. The van der Waals surface area contributed by atoms with Gasteiger partial charge in [-0.2, -0.15) is 0 Å². The molecule has 0 radical (unpaired) electrons. The Hall–Kier alpha value is -1.52. The maximum absolute atomic E-state index is 12.3. The molecule has 116 valence electrons. The van der Waals surface area contributed by atoms with Gasteiger partial charge in [-0.3, -0.25) is 9.59 Å². The third-order valence-corrected chi connectivity index (χ3v) is 5.15. The van der Waals surface area contributed by atoms with E-state index in [2.05, 4.69) is 0 Å². The van der Waals surface area contributed by atoms with Gasteiger partial charge in [0, 0.05) is 15.6 Å². The van der Waals surface area contributed by atoms with Crippen molar-refractivity contribution in [3.05, 3.63) is 46.0 Å². The van der Waals surface area contributed by atoms with Crippen molar-refractivity contribution in [2.75, 3.05) is 0 Å². The molecule has 1 aromatic carbocycles. The molecule has 0 saturated heterocycles. The van der Waals surface area contributed by atoms with Gasteiger partial charge in [-0.05, 0) is 30.4 Å². The number of hydrogen-bond donors (Lipinski definition) is 1. The van der Waals surface area contributed by atoms with Crippen molar-refractivity contribution in [3.8, 4) is 0 Å². The molecular formula is C16H14Cl2O4. The molecule has 4 atom stereocenters. The van der Waals surface area contributed by atoms with Crippen LogP contribution in [0.15, 0.2) is 30.4 Å². The predicted octanol–water partition coefficient (Wildman–Crippen LogP) is 3.56. The Bertz CT molecular complexity index is 635. The molecule has 4 nitrogen and oxygen atoms in total. The third-order valence-electron chi connectivity index (χ3n) is 4.44. The lowest BCUT2D eigenvalue weighted by Crippen LogP contribution is -2.34. The monoisotopic (exact) mass is 340 g/mol. The van der Waals surface area contributed by atoms with Gasteiger partial charge in [0.2, 0.25) is 0 Å². The molecule has 0 heterocycles. The van der Waals surface area contributed by atoms with Crippen LogP contribution in [0.4, 0.5) is 0 Å². The highest BCUT2D eigenvalue weighted by Crippen LogP contribution is 2.48. The lowest BCUT2D eigenvalue weighted by Gasteiger charge is -2.23. The number of carbonyl (C=O) groups excluding carboxylic acids is 1. The molecule has 1 N–H and O–H groups in total. The minimum atomic E-state index is -0.949. The number of halogens is 2. The zero-order valence-electron chi connectivity index (χ0n) is 11.5. The van der Waals surface area contributed by atoms with E-state index in [9.17, 15) is 14.7 Å². The first kappa shape index (κ1) is 15.4. The smallest absolute Gasteiger partial charge is 0.310 e. The van der Waals surface area contributed by atoms with Crippen molar-refractivity contribution in [3.63, 3.8) is 0 Å². The zero-order chi connectivity index (χ0) is 15.9. The number of carboxylic acids is 1. The molecule has 1 saturated carbocycles. The maximum atomic E-state index is 12.3. The van der Waals surface area contributed by atoms with Crippen molar-refractivity contribution in [1.82, 2.24) is 0 Å². The van der Waals surface area contributed by atoms with Crippen LogP contribution in [0, 0.1) is 23.7 Å². The molecule has 2 aliphatic carbocycles. The Morgan fingerprint density at radius 3 is 2.32 bits per heavy atom. The molecule has 0 amide bonds. The quantitative estimate of drug-likeness (QED) is 0.672. The summed E-state index contributed by atoms with van der Waals surface area (Å²) in [6.45, 7) is -0.0543. The van der Waals surface area contributed by atoms with E-state index in [1.807, 2.05) is 12.2 Å². The number of hydrogen-bond acceptors (Lipinski definition) is 3. The Kier molecular flexibility index (Phi) is 4.15. The van der Waals surface area contributed by atoms with Crippen molar-refractivity contribution >= 4 is 35.1 Å². The Labute approximate surface area is 137 Å². The van der Waals surface area contributed by atoms with Gasteiger partial charge < -0.3 is 9.84 Å². The van der Waals surface area contributed by atoms with Crippen molar-refractivity contribution in [2.45, 2.75) is 13.0 Å². The van der Waals surface area contributed by atoms with Gasteiger partial charge in [0.15, 0.2) is 0 Å². The van der Waals surface area contributed by atoms with E-state index < -0.39 is 23.8 Å². The van der Waals surface area contributed by atoms with E-state index in [1.54, 1.807) is 18.2 Å². The summed E-state index contributed by atoms with van der Waals surface area (Å²) < 4.78 is 5.30. The topological polar surface area (TPSA) is 63.6 Å². The standard InChI is InChI=1S/C16H14Cl2O4/c17-11-2-1-3-12(18)10(11)7-22-16(21)14-9-5-4-8(6-9)13(14)15(19)20/h1-5,8-9,13-14H,6-7H2,(H,19,20)/t8-,9-,13-,14-/m0/s1. The fourth-order valence-electron chi connectivity index (χ4n) is 3.39. The molecular weight excluding hydrogens is 327 g/mol. The number of aliphatic carboxylic acids is 1. The van der Waals surface area contributed by atoms with Gasteiger partial charge >= 0.3 is 11.9 Å². The fourth-order valence-corrected chi connectivity index (χ4v) is 3.90. The van der Waals surface area contributed by atoms with Crippen molar-refractivity contribution in [2.24, 2.45) is 23.7 Å². The number of ether oxygens (including phenoxy) is 1. The largest absolute Gasteiger partial charge is 0.481 e. The van der Waals surface area contributed by atoms with Crippen LogP contribution in [0.2, 0.25) is 10.0 Å². The molecule has 0 aliphatic heterocycles. The minimum Gasteiger partial charge on any atom is -0.481 e. The first-order chi connectivity index (χ1) is 10.5. The second kappa shape index (κ2) is 5.94. The molecule has 0 spiro atoms. The summed E-state index contributed by atoms with van der Waals surface area (Å²) >= 11 is 12.1. The summed E-state index contributed by atoms with van der Waals surface area (Å²) in [6, 6.07) is 5.03. The summed E-state index contributed by atoms with van der Waals surface area (Å²) in [6.07, 6.45) is 4.50. The predicted molar refractivity (Wildman–Crippen MR) is 81.6 cm³/mol. The lowest BCUT2D eigenvalue weighted by atomic mass is 9.83. The van der Waals surface area contributed by atoms with E-state index >= 15 is 0 Å². The normalized spacial score (nSPS) is 28.8. The minimum absolute atomic E-state index is 0.0543. The fraction of sp³-hybridized carbons (Fsp3) is 0.375. The average Bonchev–Trinajstić information content (AvgIpc) is 3.06. The number of allylic oxidation sites excluding steroid dienone is 2. The van der Waals surface area contributed by atoms with Crippen LogP contribution in [-0.4, -0.2) is 17.0 Å². The Morgan fingerprint density at radius 2 is 1.73 bits per heavy atom. The van der Waals surface area contributed by atoms with E-state index in [4.69, 9.17) is 27.9 Å². The van der Waals surface area contributed by atoms with Crippen molar-refractivity contribution in [1.29, 1.82) is 0 Å². The van der Waals surface area contributed by atoms with Gasteiger partial charge in [-0.1, -0.05) is 41.4 Å². The van der Waals surface area contributed by atoms with Gasteiger partial charge in [-0.15, -0.1) is 0 Å². The number of benzene rings is 1. The second-order valence-corrected chi connectivity index (χ2v) is 6.46. The van der Waals surface area contributed by atoms with Gasteiger partial charge in [0.25, 0.3) is 0 Å². The highest BCUT2D eigenvalue weighted by Gasteiger charge is 2.52. The number of rotatable bonds is 4. The molecule has 6 heteroatoms. The number of esters is 1. The van der Waals surface area contributed by atoms with Crippen LogP contribution in [0.1, 0.15) is 12.0 Å². The molecule has 0 aromatic heterocycles. The van der Waals surface area contributed by atoms with Gasteiger partial charge in [0.05, 0.1) is 11.8 Å². The summed E-state index contributed by atoms with van der Waals surface area (Å²) in [7, 11) is 0. The highest BCUT2D eigenvalue weighted by molar-refractivity contribution is 6.35. The maximum Gasteiger partial charge on any atom is 0.310 e. The van der Waals surface area contributed by atoms with Crippen LogP contribution in [0.3, 0.4) is 0 Å². The lowest BCUT2D eigenvalue weighted by molar-refractivity contribution is -0.159. The van der Waals surface area contributed by atoms with Crippen LogP contribution in [-0.2, 0) is 20.9 Å². The van der Waals surface area contributed by atoms with Crippen molar-refractivity contribution < 1.29 is 19.4 Å². The summed E-state index contributed by atoms with van der Waals surface area (Å²) in [5.74, 6) is -2.92. The Balaban J connectivity index is 1.72. The molecule has 2 bridgehead atoms. The first-order valence-corrected chi connectivity index (χ1v) is 7.75. The molecule has 22 heavy (non-hydrogen) atoms. The molecule has 3 rings (SSSR count). The summed E-state index contributed by atoms with van der Waals surface area (Å²) in [5.41, 5.74) is 0.532. The van der Waals surface area contributed by atoms with E-state index in [0.717, 1.165) is 0 Å². The van der Waals surface area contributed by atoms with E-state index in [-0.39, 0.29) is 18.4 Å². The van der Waals surface area contributed by atoms with E-state index in [1.165, 1.54) is 0 Å². The average molecular weight is 341 g/mol. The van der Waals surface area contributed by atoms with Crippen LogP contribution >= 0.6 is 23.2 Å². The van der Waals surface area contributed by atoms with E-state index in [0.29, 0.717) is 22.0 Å². The van der Waals surface area contributed by atoms with Gasteiger partial charge in [0.1, 0.15) is 6.61 Å². The Morgan fingerprint density at radius 1 is 1.14 bits per heavy atom. The summed E-state index contributed by atoms with van der Waals surface area (Å²) in [5, 5.41) is 10.2. The molecule has 0 unspecified atom stereocenters. The summed E-state index contributed by atoms with van der Waals surface area (Å²) in [4.78, 5) is 23.7. The highest BCUT2D eigenvalue weighted by atomic mass is 35.5. The van der Waals surface area contributed by atoms with Crippen LogP contribution in [0.25, 0.3) is 0 Å². The molecule has 1 fully saturated rings. The number of carboxylic acid groups (broad SMARTS) is 1. The first-order valence-electron chi connectivity index (χ1n) is 6.99. The van der Waals surface area contributed by atoms with Gasteiger partial charge in [-0.25, -0.2) is 0 Å². The zero-order valence-corrected chi connectivity index (χ0v) is 13.1. The SMILES string of the molecule is O=C(O)[C@@H]1[C@@H](C(=O)OCc2c(Cl)cccc2Cl)[C@H]2C=C[C@H]1C2. The number of fused-ring (bicyclic) bond motifs is 2. The number of carbonyl (C=O) groups is 2. The van der Waals surface area contributed by atoms with Crippen LogP contribution < -0.4 is 0 Å².